The van der Waals surface area contributed by atoms with Crippen LogP contribution in [-0.4, -0.2) is 47.4 Å². The molecule has 2 atom stereocenters. The third-order valence-electron chi connectivity index (χ3n) is 20.1. The van der Waals surface area contributed by atoms with Crippen molar-refractivity contribution in [3.05, 3.63) is 12.2 Å². The number of hydrogen-bond donors (Lipinski definition) is 3. The second-order valence-electron chi connectivity index (χ2n) is 29.2. The van der Waals surface area contributed by atoms with Gasteiger partial charge in [-0.25, -0.2) is 0 Å². The van der Waals surface area contributed by atoms with Gasteiger partial charge in [0.15, 0.2) is 0 Å². The number of aliphatic hydroxyl groups is 2. The summed E-state index contributed by atoms with van der Waals surface area (Å²) < 4.78 is 5.52. The van der Waals surface area contributed by atoms with Crippen molar-refractivity contribution >= 4 is 11.9 Å². The minimum Gasteiger partial charge on any atom is -0.466 e. The summed E-state index contributed by atoms with van der Waals surface area (Å²) in [6, 6.07) is -0.623. The van der Waals surface area contributed by atoms with Gasteiger partial charge in [0, 0.05) is 12.8 Å². The van der Waals surface area contributed by atoms with E-state index in [1.165, 1.54) is 424 Å². The first-order valence-corrected chi connectivity index (χ1v) is 42.0. The summed E-state index contributed by atoms with van der Waals surface area (Å²) in [4.78, 5) is 24.6. The highest BCUT2D eigenvalue weighted by Gasteiger charge is 2.18. The van der Waals surface area contributed by atoms with Gasteiger partial charge in [0.05, 0.1) is 25.4 Å². The van der Waals surface area contributed by atoms with Crippen molar-refractivity contribution in [1.82, 2.24) is 5.32 Å². The minimum atomic E-state index is -0.840. The maximum atomic E-state index is 12.5. The predicted octanol–water partition coefficient (Wildman–Crippen LogP) is 27.8. The van der Waals surface area contributed by atoms with Crippen LogP contribution in [0.4, 0.5) is 0 Å². The Kier molecular flexibility index (Phi) is 78.8. The number of rotatable bonds is 80. The van der Waals surface area contributed by atoms with Gasteiger partial charge in [-0.3, -0.25) is 9.59 Å². The molecule has 0 aliphatic rings. The molecule has 6 heteroatoms. The second-order valence-corrected chi connectivity index (χ2v) is 29.2. The van der Waals surface area contributed by atoms with Crippen LogP contribution in [0.5, 0.6) is 0 Å². The van der Waals surface area contributed by atoms with E-state index in [9.17, 15) is 19.8 Å². The first kappa shape index (κ1) is 88.6. The summed E-state index contributed by atoms with van der Waals surface area (Å²) in [6.45, 7) is 4.97. The Morgan fingerprint density at radius 1 is 0.300 bits per heavy atom. The largest absolute Gasteiger partial charge is 0.466 e. The number of esters is 1. The summed E-state index contributed by atoms with van der Waals surface area (Å²) >= 11 is 0. The number of nitrogens with one attached hydrogen (secondary N) is 1. The molecule has 0 saturated heterocycles. The van der Waals surface area contributed by atoms with E-state index in [2.05, 4.69) is 19.2 Å². The van der Waals surface area contributed by atoms with Crippen LogP contribution >= 0.6 is 0 Å². The van der Waals surface area contributed by atoms with Crippen molar-refractivity contribution in [2.75, 3.05) is 13.2 Å². The molecule has 3 N–H and O–H groups in total. The summed E-state index contributed by atoms with van der Waals surface area (Å²) in [7, 11) is 0. The number of ether oxygens (including phenoxy) is 1. The Morgan fingerprint density at radius 2 is 0.511 bits per heavy atom. The zero-order chi connectivity index (χ0) is 64.9. The van der Waals surface area contributed by atoms with Gasteiger partial charge in [-0.15, -0.1) is 0 Å². The first-order chi connectivity index (χ1) is 44.5. The fraction of sp³-hybridized carbons (Fsp3) is 0.952. The zero-order valence-electron chi connectivity index (χ0n) is 61.7. The zero-order valence-corrected chi connectivity index (χ0v) is 61.7. The molecule has 0 saturated carbocycles. The van der Waals surface area contributed by atoms with E-state index >= 15 is 0 Å². The molecule has 0 heterocycles. The summed E-state index contributed by atoms with van der Waals surface area (Å²) in [6.07, 6.45) is 102. The van der Waals surface area contributed by atoms with Crippen LogP contribution in [-0.2, 0) is 14.3 Å². The standard InChI is InChI=1S/C84H165NO5/c1-3-5-7-9-11-13-15-17-19-21-45-48-52-56-60-64-68-72-76-82(87)81(80-86)85-83(88)77-73-69-65-61-57-53-49-46-43-41-39-37-35-33-31-29-27-25-23-22-24-26-28-30-32-34-36-38-40-42-44-47-51-55-59-63-67-71-75-79-90-84(89)78-74-70-66-62-58-54-50-20-18-16-14-12-10-8-6-4-2/h72,76,81-82,86-87H,3-71,73-75,77-80H2,1-2H3,(H,85,88)/b76-72+. The Hall–Kier alpha value is -1.40. The molecular weight excluding hydrogens is 1100 g/mol. The van der Waals surface area contributed by atoms with Crippen LogP contribution in [0.15, 0.2) is 12.2 Å². The van der Waals surface area contributed by atoms with Crippen molar-refractivity contribution in [1.29, 1.82) is 0 Å². The lowest BCUT2D eigenvalue weighted by atomic mass is 10.0. The number of unbranched alkanes of at least 4 members (excludes halogenated alkanes) is 69. The van der Waals surface area contributed by atoms with Gasteiger partial charge in [-0.2, -0.15) is 0 Å². The molecule has 536 valence electrons. The Balaban J connectivity index is 3.29. The summed E-state index contributed by atoms with van der Waals surface area (Å²) in [5.74, 6) is -0.0285. The van der Waals surface area contributed by atoms with E-state index in [1.54, 1.807) is 6.08 Å². The fourth-order valence-corrected chi connectivity index (χ4v) is 13.7. The highest BCUT2D eigenvalue weighted by atomic mass is 16.5. The van der Waals surface area contributed by atoms with Crippen LogP contribution in [0.1, 0.15) is 489 Å². The van der Waals surface area contributed by atoms with Crippen molar-refractivity contribution in [2.45, 2.75) is 501 Å². The number of hydrogen-bond acceptors (Lipinski definition) is 5. The van der Waals surface area contributed by atoms with E-state index in [4.69, 9.17) is 4.74 Å². The topological polar surface area (TPSA) is 95.9 Å². The third-order valence-corrected chi connectivity index (χ3v) is 20.1. The van der Waals surface area contributed by atoms with E-state index in [0.29, 0.717) is 19.4 Å². The lowest BCUT2D eigenvalue weighted by molar-refractivity contribution is -0.143. The van der Waals surface area contributed by atoms with Crippen LogP contribution in [0.3, 0.4) is 0 Å². The fourth-order valence-electron chi connectivity index (χ4n) is 13.7. The van der Waals surface area contributed by atoms with E-state index in [0.717, 1.165) is 38.5 Å². The molecule has 0 radical (unpaired) electrons. The van der Waals surface area contributed by atoms with Gasteiger partial charge >= 0.3 is 5.97 Å². The van der Waals surface area contributed by atoms with Crippen molar-refractivity contribution < 1.29 is 24.5 Å². The SMILES string of the molecule is CCCCCCCCCCCCCCCCCC/C=C/C(O)C(CO)NC(=O)CCCCCCCCCCCCCCCCCCCCCCCCCCCCCCCCCCCCCCCCCOC(=O)CCCCCCCCCCCCCCCCCC. The monoisotopic (exact) mass is 1270 g/mol. The maximum absolute atomic E-state index is 12.5. The average molecular weight is 1270 g/mol. The number of allylic oxidation sites excluding steroid dienone is 1. The molecule has 90 heavy (non-hydrogen) atoms. The lowest BCUT2D eigenvalue weighted by Crippen LogP contribution is -2.45. The van der Waals surface area contributed by atoms with Crippen molar-refractivity contribution in [3.8, 4) is 0 Å². The minimum absolute atomic E-state index is 0.0286. The third kappa shape index (κ3) is 75.6. The van der Waals surface area contributed by atoms with Crippen molar-refractivity contribution in [3.63, 3.8) is 0 Å². The van der Waals surface area contributed by atoms with Crippen LogP contribution in [0.2, 0.25) is 0 Å². The average Bonchev–Trinajstić information content (AvgIpc) is 3.59. The first-order valence-electron chi connectivity index (χ1n) is 42.0. The highest BCUT2D eigenvalue weighted by Crippen LogP contribution is 2.21. The second kappa shape index (κ2) is 80.0. The summed E-state index contributed by atoms with van der Waals surface area (Å²) in [5.41, 5.74) is 0. The molecule has 0 aromatic heterocycles. The van der Waals surface area contributed by atoms with Gasteiger partial charge in [0.1, 0.15) is 0 Å². The Labute approximate surface area is 565 Å². The molecule has 0 spiro atoms. The molecule has 0 bridgehead atoms. The molecule has 0 fully saturated rings. The molecule has 0 aliphatic heterocycles. The lowest BCUT2D eigenvalue weighted by Gasteiger charge is -2.20. The smallest absolute Gasteiger partial charge is 0.305 e. The molecule has 2 unspecified atom stereocenters. The Bertz CT molecular complexity index is 1370. The van der Waals surface area contributed by atoms with E-state index < -0.39 is 12.1 Å². The van der Waals surface area contributed by atoms with Gasteiger partial charge < -0.3 is 20.3 Å². The predicted molar refractivity (Wildman–Crippen MR) is 398 cm³/mol. The highest BCUT2D eigenvalue weighted by molar-refractivity contribution is 5.76. The molecule has 0 aromatic rings. The molecule has 1 amide bonds. The van der Waals surface area contributed by atoms with E-state index in [1.807, 2.05) is 6.08 Å². The van der Waals surface area contributed by atoms with Crippen molar-refractivity contribution in [2.24, 2.45) is 0 Å². The molecule has 0 rings (SSSR count). The number of amides is 1. The van der Waals surface area contributed by atoms with E-state index in [-0.39, 0.29) is 18.5 Å². The van der Waals surface area contributed by atoms with Gasteiger partial charge in [0.25, 0.3) is 0 Å². The van der Waals surface area contributed by atoms with Gasteiger partial charge in [0.2, 0.25) is 5.91 Å². The van der Waals surface area contributed by atoms with Crippen LogP contribution in [0.25, 0.3) is 0 Å². The number of carbonyl (C=O) groups excluding carboxylic acids is 2. The summed E-state index contributed by atoms with van der Waals surface area (Å²) in [5, 5.41) is 23.3. The number of aliphatic hydroxyl groups excluding tert-OH is 2. The quantitative estimate of drug-likeness (QED) is 0.0320. The molecule has 6 nitrogen and oxygen atoms in total. The maximum Gasteiger partial charge on any atom is 0.305 e. The molecule has 0 aromatic carbocycles. The van der Waals surface area contributed by atoms with Crippen LogP contribution in [0, 0.1) is 0 Å². The molecule has 0 aliphatic carbocycles. The molecular formula is C84H165NO5. The Morgan fingerprint density at radius 3 is 0.756 bits per heavy atom. The number of carbonyl (C=O) groups is 2. The normalized spacial score (nSPS) is 12.4. The van der Waals surface area contributed by atoms with Gasteiger partial charge in [-0.05, 0) is 32.1 Å². The van der Waals surface area contributed by atoms with Crippen LogP contribution < -0.4 is 5.32 Å². The van der Waals surface area contributed by atoms with Gasteiger partial charge in [-0.1, -0.05) is 456 Å².